The Morgan fingerprint density at radius 3 is 2.84 bits per heavy atom. The molecule has 19 heavy (non-hydrogen) atoms. The lowest BCUT2D eigenvalue weighted by Crippen LogP contribution is -2.34. The molecule has 1 fully saturated rings. The highest BCUT2D eigenvalue weighted by Crippen LogP contribution is 2.26. The molecule has 2 aromatic rings. The Balaban J connectivity index is 1.89. The maximum atomic E-state index is 5.80. The standard InChI is InChI=1S/C14H21N5/c1-9-7-19(8-13(9)18(2)3)14-16-11-5-4-10(15)6-12(11)17-14/h4-6,9,13H,7-8,15H2,1-3H3,(H,16,17). The number of rotatable bonds is 2. The van der Waals surface area contributed by atoms with Crippen LogP contribution in [-0.2, 0) is 0 Å². The average Bonchev–Trinajstić information content (AvgIpc) is 2.91. The van der Waals surface area contributed by atoms with Gasteiger partial charge in [0, 0.05) is 24.8 Å². The summed E-state index contributed by atoms with van der Waals surface area (Å²) in [5, 5.41) is 0. The van der Waals surface area contributed by atoms with Gasteiger partial charge < -0.3 is 20.5 Å². The Bertz CT molecular complexity index is 589. The lowest BCUT2D eigenvalue weighted by atomic mass is 10.1. The maximum Gasteiger partial charge on any atom is 0.203 e. The van der Waals surface area contributed by atoms with Crippen LogP contribution in [0.15, 0.2) is 18.2 Å². The monoisotopic (exact) mass is 259 g/mol. The summed E-state index contributed by atoms with van der Waals surface area (Å²) < 4.78 is 0. The second-order valence-corrected chi connectivity index (χ2v) is 5.75. The van der Waals surface area contributed by atoms with Gasteiger partial charge in [-0.15, -0.1) is 0 Å². The summed E-state index contributed by atoms with van der Waals surface area (Å²) in [6, 6.07) is 6.38. The molecule has 1 aromatic heterocycles. The van der Waals surface area contributed by atoms with Crippen LogP contribution in [0.25, 0.3) is 11.0 Å². The van der Waals surface area contributed by atoms with E-state index in [1.54, 1.807) is 0 Å². The second-order valence-electron chi connectivity index (χ2n) is 5.75. The summed E-state index contributed by atoms with van der Waals surface area (Å²) >= 11 is 0. The molecule has 0 spiro atoms. The smallest absolute Gasteiger partial charge is 0.203 e. The normalized spacial score (nSPS) is 23.7. The van der Waals surface area contributed by atoms with Gasteiger partial charge >= 0.3 is 0 Å². The Morgan fingerprint density at radius 2 is 2.16 bits per heavy atom. The zero-order valence-electron chi connectivity index (χ0n) is 11.7. The number of aromatic amines is 1. The van der Waals surface area contributed by atoms with E-state index < -0.39 is 0 Å². The molecule has 1 aromatic carbocycles. The molecule has 2 unspecified atom stereocenters. The van der Waals surface area contributed by atoms with Crippen LogP contribution in [-0.4, -0.2) is 48.1 Å². The van der Waals surface area contributed by atoms with Gasteiger partial charge in [0.2, 0.25) is 5.95 Å². The van der Waals surface area contributed by atoms with Crippen molar-refractivity contribution in [3.05, 3.63) is 18.2 Å². The molecule has 0 amide bonds. The number of fused-ring (bicyclic) bond motifs is 1. The predicted octanol–water partition coefficient (Wildman–Crippen LogP) is 1.53. The number of hydrogen-bond acceptors (Lipinski definition) is 4. The van der Waals surface area contributed by atoms with Crippen LogP contribution in [0.1, 0.15) is 6.92 Å². The highest BCUT2D eigenvalue weighted by molar-refractivity contribution is 5.80. The van der Waals surface area contributed by atoms with E-state index in [9.17, 15) is 0 Å². The van der Waals surface area contributed by atoms with E-state index in [1.807, 2.05) is 18.2 Å². The van der Waals surface area contributed by atoms with Crippen molar-refractivity contribution in [2.24, 2.45) is 5.92 Å². The molecule has 2 heterocycles. The van der Waals surface area contributed by atoms with Gasteiger partial charge in [0.1, 0.15) is 0 Å². The largest absolute Gasteiger partial charge is 0.399 e. The van der Waals surface area contributed by atoms with E-state index in [0.29, 0.717) is 12.0 Å². The molecule has 0 saturated carbocycles. The molecular weight excluding hydrogens is 238 g/mol. The SMILES string of the molecule is CC1CN(c2nc3ccc(N)cc3[nH]2)CC1N(C)C. The molecule has 0 radical (unpaired) electrons. The van der Waals surface area contributed by atoms with Crippen LogP contribution in [0.4, 0.5) is 11.6 Å². The van der Waals surface area contributed by atoms with Crippen molar-refractivity contribution in [2.75, 3.05) is 37.8 Å². The van der Waals surface area contributed by atoms with Crippen molar-refractivity contribution in [1.82, 2.24) is 14.9 Å². The van der Waals surface area contributed by atoms with E-state index in [4.69, 9.17) is 5.73 Å². The zero-order valence-corrected chi connectivity index (χ0v) is 11.7. The molecule has 1 aliphatic heterocycles. The summed E-state index contributed by atoms with van der Waals surface area (Å²) in [6.45, 7) is 4.35. The first kappa shape index (κ1) is 12.3. The molecule has 5 nitrogen and oxygen atoms in total. The molecule has 3 rings (SSSR count). The van der Waals surface area contributed by atoms with E-state index >= 15 is 0 Å². The number of nitrogens with zero attached hydrogens (tertiary/aromatic N) is 3. The summed E-state index contributed by atoms with van der Waals surface area (Å²) in [5.41, 5.74) is 8.56. The Labute approximate surface area is 113 Å². The summed E-state index contributed by atoms with van der Waals surface area (Å²) in [6.07, 6.45) is 0. The Morgan fingerprint density at radius 1 is 1.37 bits per heavy atom. The third kappa shape index (κ3) is 2.14. The number of likely N-dealkylation sites (N-methyl/N-ethyl adjacent to an activating group) is 1. The van der Waals surface area contributed by atoms with Gasteiger partial charge in [-0.1, -0.05) is 6.92 Å². The quantitative estimate of drug-likeness (QED) is 0.803. The van der Waals surface area contributed by atoms with Crippen molar-refractivity contribution in [3.8, 4) is 0 Å². The first-order valence-corrected chi connectivity index (χ1v) is 6.71. The second kappa shape index (κ2) is 4.42. The minimum absolute atomic E-state index is 0.582. The van der Waals surface area contributed by atoms with Gasteiger partial charge in [-0.25, -0.2) is 4.98 Å². The van der Waals surface area contributed by atoms with Crippen LogP contribution in [0.5, 0.6) is 0 Å². The molecule has 1 saturated heterocycles. The molecule has 5 heteroatoms. The highest BCUT2D eigenvalue weighted by atomic mass is 15.3. The lowest BCUT2D eigenvalue weighted by Gasteiger charge is -2.22. The number of aromatic nitrogens is 2. The number of benzene rings is 1. The maximum absolute atomic E-state index is 5.80. The molecule has 1 aliphatic rings. The number of nitrogen functional groups attached to an aromatic ring is 1. The molecule has 0 aliphatic carbocycles. The first-order chi connectivity index (χ1) is 9.04. The summed E-state index contributed by atoms with van der Waals surface area (Å²) in [5.74, 6) is 1.60. The number of H-pyrrole nitrogens is 1. The van der Waals surface area contributed by atoms with Gasteiger partial charge in [0.05, 0.1) is 11.0 Å². The minimum atomic E-state index is 0.582. The van der Waals surface area contributed by atoms with E-state index in [2.05, 4.69) is 40.8 Å². The van der Waals surface area contributed by atoms with Crippen molar-refractivity contribution in [1.29, 1.82) is 0 Å². The Kier molecular flexibility index (Phi) is 2.86. The molecule has 102 valence electrons. The molecule has 3 N–H and O–H groups in total. The van der Waals surface area contributed by atoms with Crippen molar-refractivity contribution >= 4 is 22.7 Å². The fourth-order valence-electron chi connectivity index (χ4n) is 2.96. The molecular formula is C14H21N5. The fraction of sp³-hybridized carbons (Fsp3) is 0.500. The summed E-state index contributed by atoms with van der Waals surface area (Å²) in [4.78, 5) is 12.7. The zero-order chi connectivity index (χ0) is 13.6. The predicted molar refractivity (Wildman–Crippen MR) is 79.4 cm³/mol. The van der Waals surface area contributed by atoms with Gasteiger partial charge in [-0.05, 0) is 38.2 Å². The van der Waals surface area contributed by atoms with Crippen molar-refractivity contribution in [3.63, 3.8) is 0 Å². The van der Waals surface area contributed by atoms with Crippen molar-refractivity contribution < 1.29 is 0 Å². The van der Waals surface area contributed by atoms with E-state index in [1.165, 1.54) is 0 Å². The van der Waals surface area contributed by atoms with Crippen LogP contribution < -0.4 is 10.6 Å². The number of nitrogens with one attached hydrogen (secondary N) is 1. The van der Waals surface area contributed by atoms with Gasteiger partial charge in [-0.3, -0.25) is 0 Å². The van der Waals surface area contributed by atoms with Crippen molar-refractivity contribution in [2.45, 2.75) is 13.0 Å². The molecule has 2 atom stereocenters. The minimum Gasteiger partial charge on any atom is -0.399 e. The van der Waals surface area contributed by atoms with E-state index in [-0.39, 0.29) is 0 Å². The number of nitrogens with two attached hydrogens (primary N) is 1. The number of imidazole rings is 1. The van der Waals surface area contributed by atoms with Crippen LogP contribution in [0, 0.1) is 5.92 Å². The molecule has 0 bridgehead atoms. The topological polar surface area (TPSA) is 61.2 Å². The number of anilines is 2. The number of hydrogen-bond donors (Lipinski definition) is 2. The van der Waals surface area contributed by atoms with Gasteiger partial charge in [-0.2, -0.15) is 0 Å². The Hall–Kier alpha value is -1.75. The van der Waals surface area contributed by atoms with Crippen LogP contribution >= 0.6 is 0 Å². The highest BCUT2D eigenvalue weighted by Gasteiger charge is 2.32. The van der Waals surface area contributed by atoms with Gasteiger partial charge in [0.25, 0.3) is 0 Å². The van der Waals surface area contributed by atoms with Crippen LogP contribution in [0.3, 0.4) is 0 Å². The average molecular weight is 259 g/mol. The first-order valence-electron chi connectivity index (χ1n) is 6.71. The fourth-order valence-corrected chi connectivity index (χ4v) is 2.96. The van der Waals surface area contributed by atoms with Crippen LogP contribution in [0.2, 0.25) is 0 Å². The van der Waals surface area contributed by atoms with E-state index in [0.717, 1.165) is 35.8 Å². The van der Waals surface area contributed by atoms with Gasteiger partial charge in [0.15, 0.2) is 0 Å². The third-order valence-electron chi connectivity index (χ3n) is 4.03. The lowest BCUT2D eigenvalue weighted by molar-refractivity contribution is 0.266. The third-order valence-corrected chi connectivity index (χ3v) is 4.03. The summed E-state index contributed by atoms with van der Waals surface area (Å²) in [7, 11) is 4.29.